The van der Waals surface area contributed by atoms with E-state index in [-0.39, 0.29) is 22.8 Å². The Hall–Kier alpha value is -1.41. The maximum atomic E-state index is 12.3. The van der Waals surface area contributed by atoms with Crippen LogP contribution in [0.15, 0.2) is 9.42 Å². The van der Waals surface area contributed by atoms with Crippen LogP contribution in [0, 0.1) is 13.8 Å². The van der Waals surface area contributed by atoms with E-state index in [2.05, 4.69) is 5.16 Å². The minimum Gasteiger partial charge on any atom is -0.480 e. The quantitative estimate of drug-likeness (QED) is 0.852. The molecule has 1 N–H and O–H groups in total. The van der Waals surface area contributed by atoms with Gasteiger partial charge in [-0.05, 0) is 20.3 Å². The average molecular weight is 276 g/mol. The number of hydrogen-bond donors (Lipinski definition) is 1. The summed E-state index contributed by atoms with van der Waals surface area (Å²) in [4.78, 5) is 10.9. The van der Waals surface area contributed by atoms with Crippen LogP contribution in [-0.2, 0) is 14.8 Å². The molecule has 1 heterocycles. The van der Waals surface area contributed by atoms with E-state index in [0.29, 0.717) is 0 Å². The first-order valence-electron chi connectivity index (χ1n) is 5.37. The van der Waals surface area contributed by atoms with Crippen LogP contribution < -0.4 is 0 Å². The van der Waals surface area contributed by atoms with Crippen LogP contribution in [0.4, 0.5) is 0 Å². The number of carboxylic acids is 1. The molecule has 0 saturated carbocycles. The lowest BCUT2D eigenvalue weighted by Gasteiger charge is -2.22. The van der Waals surface area contributed by atoms with Gasteiger partial charge in [-0.3, -0.25) is 4.79 Å². The zero-order valence-corrected chi connectivity index (χ0v) is 11.5. The van der Waals surface area contributed by atoms with Crippen LogP contribution in [0.3, 0.4) is 0 Å². The van der Waals surface area contributed by atoms with Gasteiger partial charge < -0.3 is 9.63 Å². The predicted octanol–water partition coefficient (Wildman–Crippen LogP) is 0.775. The third-order valence-electron chi connectivity index (χ3n) is 2.72. The van der Waals surface area contributed by atoms with Crippen LogP contribution in [0.1, 0.15) is 24.8 Å². The van der Waals surface area contributed by atoms with Crippen LogP contribution >= 0.6 is 0 Å². The normalized spacial score (nSPS) is 13.8. The summed E-state index contributed by atoms with van der Waals surface area (Å²) < 4.78 is 30.2. The molecule has 0 fully saturated rings. The van der Waals surface area contributed by atoms with Gasteiger partial charge in [-0.2, -0.15) is 4.31 Å². The molecule has 0 aromatic carbocycles. The minimum absolute atomic E-state index is 0.0651. The van der Waals surface area contributed by atoms with Crippen LogP contribution in [0.25, 0.3) is 0 Å². The Morgan fingerprint density at radius 1 is 1.50 bits per heavy atom. The highest BCUT2D eigenvalue weighted by molar-refractivity contribution is 7.89. The van der Waals surface area contributed by atoms with E-state index in [1.54, 1.807) is 6.92 Å². The first-order chi connectivity index (χ1) is 8.23. The fraction of sp³-hybridized carbons (Fsp3) is 0.600. The van der Waals surface area contributed by atoms with E-state index in [9.17, 15) is 13.2 Å². The topological polar surface area (TPSA) is 101 Å². The molecule has 0 aliphatic rings. The Labute approximate surface area is 105 Å². The molecule has 0 bridgehead atoms. The Balaban J connectivity index is 3.27. The Morgan fingerprint density at radius 3 is 2.39 bits per heavy atom. The molecule has 7 nitrogen and oxygen atoms in total. The number of rotatable bonds is 5. The fourth-order valence-electron chi connectivity index (χ4n) is 1.74. The molecule has 0 aliphatic heterocycles. The largest absolute Gasteiger partial charge is 0.480 e. The van der Waals surface area contributed by atoms with Gasteiger partial charge in [-0.15, -0.1) is 0 Å². The summed E-state index contributed by atoms with van der Waals surface area (Å²) in [6.07, 6.45) is 0.175. The van der Waals surface area contributed by atoms with Crippen molar-refractivity contribution in [2.45, 2.75) is 38.1 Å². The number of aromatic nitrogens is 1. The number of aliphatic carboxylic acids is 1. The Bertz CT molecular complexity index is 529. The second-order valence-corrected chi connectivity index (χ2v) is 5.87. The van der Waals surface area contributed by atoms with E-state index >= 15 is 0 Å². The first kappa shape index (κ1) is 14.7. The summed E-state index contributed by atoms with van der Waals surface area (Å²) in [5.41, 5.74) is 0.222. The van der Waals surface area contributed by atoms with Gasteiger partial charge in [0.1, 0.15) is 16.6 Å². The molecule has 8 heteroatoms. The number of carbonyl (C=O) groups is 1. The van der Waals surface area contributed by atoms with Crippen molar-refractivity contribution in [2.24, 2.45) is 0 Å². The van der Waals surface area contributed by atoms with E-state index in [1.807, 2.05) is 0 Å². The summed E-state index contributed by atoms with van der Waals surface area (Å²) in [6.45, 7) is 4.58. The molecule has 1 atom stereocenters. The van der Waals surface area contributed by atoms with E-state index in [4.69, 9.17) is 9.63 Å². The highest BCUT2D eigenvalue weighted by Gasteiger charge is 2.35. The SMILES string of the molecule is CCC(C(=O)O)N(C)S(=O)(=O)c1c(C)noc1C. The summed E-state index contributed by atoms with van der Waals surface area (Å²) in [6, 6.07) is -1.11. The first-order valence-corrected chi connectivity index (χ1v) is 6.81. The molecule has 0 spiro atoms. The van der Waals surface area contributed by atoms with E-state index in [0.717, 1.165) is 4.31 Å². The second kappa shape index (κ2) is 5.07. The molecule has 0 aliphatic carbocycles. The number of hydrogen-bond acceptors (Lipinski definition) is 5. The summed E-state index contributed by atoms with van der Waals surface area (Å²) in [5, 5.41) is 12.6. The molecule has 102 valence electrons. The number of sulfonamides is 1. The number of carboxylic acid groups (broad SMARTS) is 1. The van der Waals surface area contributed by atoms with Crippen LogP contribution in [0.2, 0.25) is 0 Å². The molecule has 0 saturated heterocycles. The van der Waals surface area contributed by atoms with Gasteiger partial charge in [-0.25, -0.2) is 8.42 Å². The zero-order chi connectivity index (χ0) is 14.1. The van der Waals surface area contributed by atoms with Gasteiger partial charge >= 0.3 is 5.97 Å². The van der Waals surface area contributed by atoms with Crippen molar-refractivity contribution in [1.29, 1.82) is 0 Å². The predicted molar refractivity (Wildman–Crippen MR) is 62.6 cm³/mol. The highest BCUT2D eigenvalue weighted by Crippen LogP contribution is 2.24. The lowest BCUT2D eigenvalue weighted by Crippen LogP contribution is -2.42. The van der Waals surface area contributed by atoms with Crippen LogP contribution in [-0.4, -0.2) is 42.0 Å². The van der Waals surface area contributed by atoms with Crippen molar-refractivity contribution in [3.63, 3.8) is 0 Å². The summed E-state index contributed by atoms with van der Waals surface area (Å²) >= 11 is 0. The van der Waals surface area contributed by atoms with Gasteiger partial charge in [0.25, 0.3) is 0 Å². The van der Waals surface area contributed by atoms with Crippen LogP contribution in [0.5, 0.6) is 0 Å². The van der Waals surface area contributed by atoms with Gasteiger partial charge in [0.15, 0.2) is 5.76 Å². The monoisotopic (exact) mass is 276 g/mol. The molecular weight excluding hydrogens is 260 g/mol. The van der Waals surface area contributed by atoms with Gasteiger partial charge in [0, 0.05) is 7.05 Å². The zero-order valence-electron chi connectivity index (χ0n) is 10.7. The van der Waals surface area contributed by atoms with Crippen molar-refractivity contribution >= 4 is 16.0 Å². The standard InChI is InChI=1S/C10H16N2O5S/c1-5-8(10(13)14)12(4)18(15,16)9-6(2)11-17-7(9)3/h8H,5H2,1-4H3,(H,13,14). The lowest BCUT2D eigenvalue weighted by atomic mass is 10.2. The van der Waals surface area contributed by atoms with Crippen molar-refractivity contribution in [3.8, 4) is 0 Å². The smallest absolute Gasteiger partial charge is 0.321 e. The number of nitrogens with zero attached hydrogens (tertiary/aromatic N) is 2. The molecule has 0 radical (unpaired) electrons. The number of aryl methyl sites for hydroxylation is 2. The van der Waals surface area contributed by atoms with Crippen molar-refractivity contribution in [1.82, 2.24) is 9.46 Å². The van der Waals surface area contributed by atoms with E-state index < -0.39 is 22.0 Å². The van der Waals surface area contributed by atoms with Crippen molar-refractivity contribution in [3.05, 3.63) is 11.5 Å². The molecule has 0 amide bonds. The summed E-state index contributed by atoms with van der Waals surface area (Å²) in [5.74, 6) is -1.03. The van der Waals surface area contributed by atoms with Gasteiger partial charge in [0.05, 0.1) is 0 Å². The van der Waals surface area contributed by atoms with Gasteiger partial charge in [0.2, 0.25) is 10.0 Å². The molecule has 1 unspecified atom stereocenters. The molecular formula is C10H16N2O5S. The molecule has 1 rings (SSSR count). The Morgan fingerprint density at radius 2 is 2.06 bits per heavy atom. The molecule has 1 aromatic heterocycles. The lowest BCUT2D eigenvalue weighted by molar-refractivity contribution is -0.141. The molecule has 1 aromatic rings. The third-order valence-corrected chi connectivity index (χ3v) is 4.83. The highest BCUT2D eigenvalue weighted by atomic mass is 32.2. The maximum Gasteiger partial charge on any atom is 0.321 e. The maximum absolute atomic E-state index is 12.3. The average Bonchev–Trinajstić information content (AvgIpc) is 2.59. The van der Waals surface area contributed by atoms with Crippen molar-refractivity contribution < 1.29 is 22.8 Å². The second-order valence-electron chi connectivity index (χ2n) is 3.94. The van der Waals surface area contributed by atoms with E-state index in [1.165, 1.54) is 20.9 Å². The summed E-state index contributed by atoms with van der Waals surface area (Å²) in [7, 11) is -2.68. The van der Waals surface area contributed by atoms with Crippen molar-refractivity contribution in [2.75, 3.05) is 7.05 Å². The Kier molecular flexibility index (Phi) is 4.12. The van der Waals surface area contributed by atoms with Gasteiger partial charge in [-0.1, -0.05) is 12.1 Å². The third kappa shape index (κ3) is 2.39. The number of likely N-dealkylation sites (N-methyl/N-ethyl adjacent to an activating group) is 1. The minimum atomic E-state index is -3.92. The molecule has 18 heavy (non-hydrogen) atoms. The fourth-order valence-corrected chi connectivity index (χ4v) is 3.42.